The standard InChI is InChI=1S/C10H22N2.C9H18N2O.2C9H15NS/c1-9(2)11-5-7-12(8-6-11)10(3)4;1-7(2)10-5-6-11(8(3)4)9(10)12;2*1-6(2)8-5-11-9(10-8)7(3)4/h9-10H,5-8H2,1-4H3;7-8H,5-6H2,1-4H3;2*5-7H,1-4H3. The average Bonchev–Trinajstić information content (AvgIpc) is 3.74. The zero-order valence-electron chi connectivity index (χ0n) is 32.4. The Bertz CT molecular complexity index is 968. The van der Waals surface area contributed by atoms with Crippen molar-refractivity contribution in [1.29, 1.82) is 0 Å². The van der Waals surface area contributed by atoms with Crippen LogP contribution in [0.3, 0.4) is 0 Å². The SMILES string of the molecule is CC(C)N1CCN(C(C)C)C1=O.CC(C)N1CCN(C(C)C)CC1.CC(C)c1csc(C(C)C)n1.CC(C)c1csc(C(C)C)n1. The number of aromatic nitrogens is 2. The molecule has 7 nitrogen and oxygen atoms in total. The highest BCUT2D eigenvalue weighted by molar-refractivity contribution is 7.10. The number of nitrogens with zero attached hydrogens (tertiary/aromatic N) is 6. The highest BCUT2D eigenvalue weighted by Gasteiger charge is 2.31. The van der Waals surface area contributed by atoms with Gasteiger partial charge >= 0.3 is 6.03 Å². The molecule has 2 saturated heterocycles. The molecule has 0 aliphatic carbocycles. The highest BCUT2D eigenvalue weighted by Crippen LogP contribution is 2.24. The Morgan fingerprint density at radius 1 is 0.478 bits per heavy atom. The molecule has 0 bridgehead atoms. The molecule has 266 valence electrons. The number of piperazine rings is 1. The van der Waals surface area contributed by atoms with Crippen molar-refractivity contribution < 1.29 is 4.79 Å². The Hall–Kier alpha value is -1.55. The number of rotatable bonds is 8. The number of urea groups is 1. The van der Waals surface area contributed by atoms with Gasteiger partial charge < -0.3 is 9.80 Å². The van der Waals surface area contributed by atoms with Crippen LogP contribution in [0.25, 0.3) is 0 Å². The van der Waals surface area contributed by atoms with Crippen LogP contribution in [0.5, 0.6) is 0 Å². The lowest BCUT2D eigenvalue weighted by Crippen LogP contribution is -2.50. The van der Waals surface area contributed by atoms with Crippen molar-refractivity contribution in [1.82, 2.24) is 29.6 Å². The van der Waals surface area contributed by atoms with E-state index in [-0.39, 0.29) is 6.03 Å². The molecule has 0 atom stereocenters. The van der Waals surface area contributed by atoms with E-state index in [2.05, 4.69) is 141 Å². The van der Waals surface area contributed by atoms with Gasteiger partial charge in [-0.3, -0.25) is 9.80 Å². The quantitative estimate of drug-likeness (QED) is 0.278. The van der Waals surface area contributed by atoms with E-state index in [0.29, 0.717) is 35.8 Å². The van der Waals surface area contributed by atoms with Gasteiger partial charge in [0.2, 0.25) is 0 Å². The third-order valence-electron chi connectivity index (χ3n) is 8.38. The summed E-state index contributed by atoms with van der Waals surface area (Å²) in [6, 6.07) is 2.31. The molecule has 4 rings (SSSR count). The van der Waals surface area contributed by atoms with E-state index in [1.807, 2.05) is 9.80 Å². The molecular formula is C37H70N6OS2. The number of amides is 2. The van der Waals surface area contributed by atoms with Gasteiger partial charge in [0.15, 0.2) is 0 Å². The monoisotopic (exact) mass is 679 g/mol. The van der Waals surface area contributed by atoms with Gasteiger partial charge in [0.25, 0.3) is 0 Å². The summed E-state index contributed by atoms with van der Waals surface area (Å²) in [7, 11) is 0. The highest BCUT2D eigenvalue weighted by atomic mass is 32.1. The van der Waals surface area contributed by atoms with Crippen LogP contribution < -0.4 is 0 Å². The molecule has 0 radical (unpaired) electrons. The first-order valence-corrected chi connectivity index (χ1v) is 19.6. The number of thiazole rings is 2. The normalized spacial score (nSPS) is 16.2. The van der Waals surface area contributed by atoms with Crippen LogP contribution in [-0.4, -0.2) is 99.0 Å². The van der Waals surface area contributed by atoms with Crippen LogP contribution in [-0.2, 0) is 0 Å². The maximum absolute atomic E-state index is 11.6. The van der Waals surface area contributed by atoms with E-state index in [0.717, 1.165) is 25.2 Å². The molecule has 4 heterocycles. The Morgan fingerprint density at radius 2 is 0.783 bits per heavy atom. The van der Waals surface area contributed by atoms with Crippen molar-refractivity contribution in [3.05, 3.63) is 32.2 Å². The first-order chi connectivity index (χ1) is 21.4. The van der Waals surface area contributed by atoms with Gasteiger partial charge in [-0.25, -0.2) is 14.8 Å². The lowest BCUT2D eigenvalue weighted by molar-refractivity contribution is 0.0887. The topological polar surface area (TPSA) is 55.8 Å². The Labute approximate surface area is 292 Å². The van der Waals surface area contributed by atoms with Gasteiger partial charge in [-0.1, -0.05) is 55.4 Å². The smallest absolute Gasteiger partial charge is 0.320 e. The maximum atomic E-state index is 11.6. The fourth-order valence-electron chi connectivity index (χ4n) is 4.96. The van der Waals surface area contributed by atoms with Crippen LogP contribution in [0.15, 0.2) is 10.8 Å². The van der Waals surface area contributed by atoms with Gasteiger partial charge in [0.05, 0.1) is 21.4 Å². The molecule has 2 aromatic heterocycles. The van der Waals surface area contributed by atoms with Crippen molar-refractivity contribution in [3.8, 4) is 0 Å². The molecule has 2 aliphatic rings. The predicted octanol–water partition coefficient (Wildman–Crippen LogP) is 9.74. The van der Waals surface area contributed by atoms with Crippen molar-refractivity contribution in [2.45, 2.75) is 159 Å². The molecule has 0 N–H and O–H groups in total. The molecule has 0 unspecified atom stereocenters. The van der Waals surface area contributed by atoms with E-state index in [9.17, 15) is 4.79 Å². The number of carbonyl (C=O) groups excluding carboxylic acids is 1. The lowest BCUT2D eigenvalue weighted by atomic mass is 10.1. The van der Waals surface area contributed by atoms with Gasteiger partial charge in [-0.2, -0.15) is 0 Å². The molecule has 46 heavy (non-hydrogen) atoms. The Balaban J connectivity index is 0.000000307. The van der Waals surface area contributed by atoms with E-state index in [4.69, 9.17) is 0 Å². The number of hydrogen-bond donors (Lipinski definition) is 0. The van der Waals surface area contributed by atoms with Crippen LogP contribution in [0, 0.1) is 0 Å². The maximum Gasteiger partial charge on any atom is 0.320 e. The van der Waals surface area contributed by atoms with Crippen LogP contribution >= 0.6 is 22.7 Å². The summed E-state index contributed by atoms with van der Waals surface area (Å²) in [5.41, 5.74) is 2.47. The second kappa shape index (κ2) is 20.7. The minimum Gasteiger partial charge on any atom is -0.320 e. The summed E-state index contributed by atoms with van der Waals surface area (Å²) in [6.07, 6.45) is 0. The first kappa shape index (κ1) is 42.5. The molecule has 0 saturated carbocycles. The number of hydrogen-bond acceptors (Lipinski definition) is 7. The third-order valence-corrected chi connectivity index (χ3v) is 10.7. The predicted molar refractivity (Wildman–Crippen MR) is 203 cm³/mol. The third kappa shape index (κ3) is 14.3. The molecule has 2 amide bonds. The summed E-state index contributed by atoms with van der Waals surface area (Å²) in [5.74, 6) is 2.29. The summed E-state index contributed by atoms with van der Waals surface area (Å²) in [5, 5.41) is 6.85. The van der Waals surface area contributed by atoms with Gasteiger partial charge in [0, 0.05) is 86.0 Å². The largest absolute Gasteiger partial charge is 0.320 e. The van der Waals surface area contributed by atoms with E-state index >= 15 is 0 Å². The van der Waals surface area contributed by atoms with E-state index in [1.165, 1.54) is 47.6 Å². The molecule has 2 aliphatic heterocycles. The van der Waals surface area contributed by atoms with E-state index in [1.54, 1.807) is 22.7 Å². The van der Waals surface area contributed by atoms with Crippen molar-refractivity contribution >= 4 is 28.7 Å². The zero-order valence-corrected chi connectivity index (χ0v) is 34.1. The van der Waals surface area contributed by atoms with Gasteiger partial charge in [0.1, 0.15) is 0 Å². The minimum absolute atomic E-state index is 0.194. The van der Waals surface area contributed by atoms with Crippen LogP contribution in [0.2, 0.25) is 0 Å². The molecule has 0 spiro atoms. The van der Waals surface area contributed by atoms with Gasteiger partial charge in [-0.15, -0.1) is 22.7 Å². The Morgan fingerprint density at radius 3 is 0.935 bits per heavy atom. The van der Waals surface area contributed by atoms with Crippen molar-refractivity contribution in [2.24, 2.45) is 0 Å². The molecule has 2 aromatic rings. The summed E-state index contributed by atoms with van der Waals surface area (Å²) < 4.78 is 0. The zero-order chi connectivity index (χ0) is 35.3. The van der Waals surface area contributed by atoms with Crippen LogP contribution in [0.1, 0.15) is 156 Å². The van der Waals surface area contributed by atoms with Crippen LogP contribution in [0.4, 0.5) is 4.79 Å². The molecular weight excluding hydrogens is 609 g/mol. The summed E-state index contributed by atoms with van der Waals surface area (Å²) in [4.78, 5) is 29.6. The fourth-order valence-corrected chi connectivity index (χ4v) is 6.96. The lowest BCUT2D eigenvalue weighted by Gasteiger charge is -2.38. The second-order valence-electron chi connectivity index (χ2n) is 15.0. The Kier molecular flexibility index (Phi) is 19.1. The minimum atomic E-state index is 0.194. The first-order valence-electron chi connectivity index (χ1n) is 17.8. The van der Waals surface area contributed by atoms with Crippen molar-refractivity contribution in [3.63, 3.8) is 0 Å². The van der Waals surface area contributed by atoms with Crippen molar-refractivity contribution in [2.75, 3.05) is 39.3 Å². The molecule has 2 fully saturated rings. The van der Waals surface area contributed by atoms with Gasteiger partial charge in [-0.05, 0) is 67.2 Å². The van der Waals surface area contributed by atoms with E-state index < -0.39 is 0 Å². The average molecular weight is 679 g/mol. The molecule has 0 aromatic carbocycles. The fraction of sp³-hybridized carbons (Fsp3) is 0.811. The number of carbonyl (C=O) groups is 1. The summed E-state index contributed by atoms with van der Waals surface area (Å²) >= 11 is 3.55. The summed E-state index contributed by atoms with van der Waals surface area (Å²) in [6.45, 7) is 41.6. The second-order valence-corrected chi connectivity index (χ2v) is 16.7. The molecule has 9 heteroatoms.